The van der Waals surface area contributed by atoms with Crippen molar-refractivity contribution in [3.8, 4) is 39.5 Å². The molecule has 464 valence electrons. The van der Waals surface area contributed by atoms with E-state index in [0.29, 0.717) is 21.4 Å². The van der Waals surface area contributed by atoms with Crippen LogP contribution in [0, 0.1) is 13.8 Å². The number of rotatable bonds is 25. The van der Waals surface area contributed by atoms with Gasteiger partial charge in [-0.1, -0.05) is 211 Å². The molecule has 3 heterocycles. The van der Waals surface area contributed by atoms with Crippen LogP contribution in [-0.2, 0) is 42.9 Å². The van der Waals surface area contributed by atoms with E-state index in [2.05, 4.69) is 53.5 Å². The molecule has 0 fully saturated rings. The maximum absolute atomic E-state index is 8.12. The molecule has 0 N–H and O–H groups in total. The molecule has 0 aliphatic rings. The van der Waals surface area contributed by atoms with Crippen LogP contribution in [0.3, 0.4) is 0 Å². The van der Waals surface area contributed by atoms with Gasteiger partial charge in [-0.2, -0.15) is 0 Å². The molecule has 0 aliphatic heterocycles. The van der Waals surface area contributed by atoms with E-state index in [0.717, 1.165) is 95.1 Å². The van der Waals surface area contributed by atoms with Crippen molar-refractivity contribution in [3.63, 3.8) is 0 Å². The predicted molar refractivity (Wildman–Crippen MR) is 380 cm³/mol. The minimum Gasteiger partial charge on any atom is -0.497 e. The van der Waals surface area contributed by atoms with E-state index in [1.54, 1.807) is 54.9 Å². The number of methoxy groups -OCH3 is 3. The Hall–Kier alpha value is -9.56. The van der Waals surface area contributed by atoms with Crippen molar-refractivity contribution in [1.82, 2.24) is 15.0 Å². The molecule has 12 aromatic rings. The van der Waals surface area contributed by atoms with Gasteiger partial charge in [0.25, 0.3) is 0 Å². The number of aryl methyl sites for hydroxylation is 2. The smallest absolute Gasteiger partial charge is 0.381 e. The average Bonchev–Trinajstić information content (AvgIpc) is 0.729. The standard InChI is InChI=1S/C52H44B2N2O5.C27H24BCl2NO2/c1-57-43-31-27-39(28-32-43)37-59-53-51(49-25-13-15-35-55-49,47-23-11-9-21-45(47)41-17-5-3-6-18-41)61-52(50-26-14-16-36-56-50,54-60-38-40-29-33-44(58-2)34-30-40)48-24-12-10-22-46(48)42-19-7-4-8-20-42;1-18-7-9-20(16-24(18)29)27(21-10-8-19(2)25(30)17-21)33-28(26-6-4-5-15-31-26)22-11-13-23(32-3)14-12-22/h3-36H,37-38H2,1-2H3;4-17,27H,1-3H3. The number of halogens is 2. The highest BCUT2D eigenvalue weighted by Gasteiger charge is 2.52. The van der Waals surface area contributed by atoms with Crippen LogP contribution in [0.1, 0.15) is 62.0 Å². The Labute approximate surface area is 563 Å². The van der Waals surface area contributed by atoms with Gasteiger partial charge in [-0.25, -0.2) is 0 Å². The third-order valence-electron chi connectivity index (χ3n) is 16.2. The molecule has 94 heavy (non-hydrogen) atoms. The number of hydrogen-bond acceptors (Lipinski definition) is 10. The van der Waals surface area contributed by atoms with Gasteiger partial charge < -0.3 is 32.9 Å². The number of benzene rings is 9. The summed E-state index contributed by atoms with van der Waals surface area (Å²) in [5, 5.41) is 1.39. The maximum atomic E-state index is 8.12. The van der Waals surface area contributed by atoms with E-state index in [4.69, 9.17) is 66.1 Å². The number of pyridine rings is 3. The Morgan fingerprint density at radius 1 is 0.415 bits per heavy atom. The summed E-state index contributed by atoms with van der Waals surface area (Å²) >= 11 is 13.0. The molecular weight excluding hydrogens is 1210 g/mol. The van der Waals surface area contributed by atoms with E-state index >= 15 is 0 Å². The summed E-state index contributed by atoms with van der Waals surface area (Å²) in [4.78, 5) is 14.7. The summed E-state index contributed by atoms with van der Waals surface area (Å²) in [5.41, 5.74) is 11.2. The van der Waals surface area contributed by atoms with Gasteiger partial charge in [-0.05, 0) is 171 Å². The molecule has 0 spiro atoms. The second-order valence-electron chi connectivity index (χ2n) is 22.3. The van der Waals surface area contributed by atoms with Crippen LogP contribution in [0.2, 0.25) is 10.0 Å². The summed E-state index contributed by atoms with van der Waals surface area (Å²) in [6.45, 7) is 4.04. The van der Waals surface area contributed by atoms with Crippen molar-refractivity contribution >= 4 is 56.1 Å². The van der Waals surface area contributed by atoms with Crippen LogP contribution < -0.4 is 25.3 Å². The second-order valence-corrected chi connectivity index (χ2v) is 23.1. The van der Waals surface area contributed by atoms with Crippen molar-refractivity contribution in [1.29, 1.82) is 0 Å². The molecule has 0 amide bonds. The molecular formula is C79H68B3Cl2N3O7. The number of hydrogen-bond donors (Lipinski definition) is 0. The Morgan fingerprint density at radius 3 is 1.20 bits per heavy atom. The summed E-state index contributed by atoms with van der Waals surface area (Å²) < 4.78 is 44.7. The number of nitrogens with zero attached hydrogens (tertiary/aromatic N) is 3. The van der Waals surface area contributed by atoms with E-state index in [1.807, 2.05) is 238 Å². The zero-order valence-electron chi connectivity index (χ0n) is 52.9. The van der Waals surface area contributed by atoms with E-state index in [-0.39, 0.29) is 13.2 Å². The third kappa shape index (κ3) is 15.7. The number of aromatic nitrogens is 3. The minimum absolute atomic E-state index is 0.240. The fraction of sp³-hybridized carbons (Fsp3) is 0.127. The summed E-state index contributed by atoms with van der Waals surface area (Å²) in [6.07, 6.45) is 4.92. The lowest BCUT2D eigenvalue weighted by Crippen LogP contribution is -2.51. The zero-order chi connectivity index (χ0) is 65.1. The first-order valence-electron chi connectivity index (χ1n) is 30.8. The van der Waals surface area contributed by atoms with Crippen molar-refractivity contribution in [2.24, 2.45) is 0 Å². The molecule has 0 aliphatic carbocycles. The number of ether oxygens (including phenoxy) is 4. The van der Waals surface area contributed by atoms with Gasteiger partial charge in [0.1, 0.15) is 28.2 Å². The molecule has 2 atom stereocenters. The van der Waals surface area contributed by atoms with Crippen LogP contribution in [-0.4, -0.2) is 58.2 Å². The molecule has 9 aromatic carbocycles. The highest BCUT2D eigenvalue weighted by Crippen LogP contribution is 2.48. The monoisotopic (exact) mass is 1270 g/mol. The van der Waals surface area contributed by atoms with E-state index in [9.17, 15) is 0 Å². The van der Waals surface area contributed by atoms with Crippen LogP contribution in [0.25, 0.3) is 22.3 Å². The maximum Gasteiger partial charge on any atom is 0.381 e. The molecule has 0 saturated heterocycles. The molecule has 12 rings (SSSR count). The lowest BCUT2D eigenvalue weighted by atomic mass is 9.57. The van der Waals surface area contributed by atoms with Gasteiger partial charge in [0, 0.05) is 34.2 Å². The Bertz CT molecular complexity index is 4110. The van der Waals surface area contributed by atoms with E-state index in [1.165, 1.54) is 0 Å². The van der Waals surface area contributed by atoms with Gasteiger partial charge >= 0.3 is 21.9 Å². The Balaban J connectivity index is 0.000000230. The van der Waals surface area contributed by atoms with Gasteiger partial charge in [-0.3, -0.25) is 15.0 Å². The van der Waals surface area contributed by atoms with Crippen molar-refractivity contribution in [3.05, 3.63) is 358 Å². The first kappa shape index (κ1) is 65.9. The molecule has 0 bridgehead atoms. The zero-order valence-corrected chi connectivity index (χ0v) is 54.4. The SMILES string of the molecule is COc1ccc(B(OC(c2ccc(C)c(Cl)c2)c2ccc(C)c(Cl)c2)c2ccccn2)cc1.COc1ccc(CO[B]C(OC([B]OCc2ccc(OC)cc2)(c2ccccn2)c2ccccc2-c2ccccc2)(c2ccccn2)c2ccccc2-c2ccccc2)cc1. The average molecular weight is 1270 g/mol. The van der Waals surface area contributed by atoms with E-state index < -0.39 is 24.0 Å². The quantitative estimate of drug-likeness (QED) is 0.0514. The summed E-state index contributed by atoms with van der Waals surface area (Å²) in [6, 6.07) is 90.1. The molecule has 2 radical (unpaired) electrons. The summed E-state index contributed by atoms with van der Waals surface area (Å²) in [5.74, 6) is 2.31. The van der Waals surface area contributed by atoms with Crippen molar-refractivity contribution < 1.29 is 32.9 Å². The van der Waals surface area contributed by atoms with Crippen LogP contribution >= 0.6 is 23.2 Å². The Kier molecular flexibility index (Phi) is 22.3. The second kappa shape index (κ2) is 31.9. The normalized spacial score (nSPS) is 12.3. The lowest BCUT2D eigenvalue weighted by molar-refractivity contribution is -0.0538. The molecule has 15 heteroatoms. The van der Waals surface area contributed by atoms with Gasteiger partial charge in [-0.15, -0.1) is 0 Å². The fourth-order valence-electron chi connectivity index (χ4n) is 11.2. The molecule has 0 saturated carbocycles. The first-order chi connectivity index (χ1) is 46.1. The summed E-state index contributed by atoms with van der Waals surface area (Å²) in [7, 11) is 8.52. The van der Waals surface area contributed by atoms with Crippen LogP contribution in [0.4, 0.5) is 0 Å². The first-order valence-corrected chi connectivity index (χ1v) is 31.6. The highest BCUT2D eigenvalue weighted by atomic mass is 35.5. The van der Waals surface area contributed by atoms with Gasteiger partial charge in [0.15, 0.2) is 0 Å². The van der Waals surface area contributed by atoms with Crippen molar-refractivity contribution in [2.75, 3.05) is 21.3 Å². The van der Waals surface area contributed by atoms with Crippen molar-refractivity contribution in [2.45, 2.75) is 44.2 Å². The molecule has 3 aromatic heterocycles. The largest absolute Gasteiger partial charge is 0.497 e. The molecule has 2 unspecified atom stereocenters. The van der Waals surface area contributed by atoms with Crippen LogP contribution in [0.15, 0.2) is 292 Å². The highest BCUT2D eigenvalue weighted by molar-refractivity contribution is 6.79. The minimum atomic E-state index is -1.51. The fourth-order valence-corrected chi connectivity index (χ4v) is 11.5. The van der Waals surface area contributed by atoms with Crippen LogP contribution in [0.5, 0.6) is 17.2 Å². The third-order valence-corrected chi connectivity index (χ3v) is 17.0. The lowest BCUT2D eigenvalue weighted by Gasteiger charge is -2.44. The van der Waals surface area contributed by atoms with Gasteiger partial charge in [0.2, 0.25) is 0 Å². The van der Waals surface area contributed by atoms with Gasteiger partial charge in [0.05, 0.1) is 52.0 Å². The Morgan fingerprint density at radius 2 is 0.809 bits per heavy atom. The molecule has 10 nitrogen and oxygen atoms in total. The predicted octanol–water partition coefficient (Wildman–Crippen LogP) is 16.5. The topological polar surface area (TPSA) is 103 Å².